The fraction of sp³-hybridized carbons (Fsp3) is 0.538. The number of nitrogens with one attached hydrogen (secondary N) is 1. The van der Waals surface area contributed by atoms with Crippen LogP contribution in [0.25, 0.3) is 5.70 Å². The van der Waals surface area contributed by atoms with Crippen molar-refractivity contribution in [2.45, 2.75) is 32.6 Å². The van der Waals surface area contributed by atoms with Crippen LogP contribution >= 0.6 is 0 Å². The average molecular weight is 206 g/mol. The van der Waals surface area contributed by atoms with E-state index < -0.39 is 0 Å². The van der Waals surface area contributed by atoms with E-state index in [9.17, 15) is 0 Å². The molecule has 0 aliphatic heterocycles. The molecule has 2 nitrogen and oxygen atoms in total. The molecule has 1 rings (SSSR count). The summed E-state index contributed by atoms with van der Waals surface area (Å²) >= 11 is 0. The number of aromatic nitrogens is 1. The normalized spacial score (nSPS) is 12.5. The number of hydrogen-bond donors (Lipinski definition) is 1. The fourth-order valence-corrected chi connectivity index (χ4v) is 2.03. The highest BCUT2D eigenvalue weighted by atomic mass is 15.0. The fourth-order valence-electron chi connectivity index (χ4n) is 2.03. The van der Waals surface area contributed by atoms with Crippen LogP contribution in [0.15, 0.2) is 18.7 Å². The average Bonchev–Trinajstić information content (AvgIpc) is 2.59. The third kappa shape index (κ3) is 2.44. The van der Waals surface area contributed by atoms with Gasteiger partial charge in [-0.2, -0.15) is 0 Å². The van der Waals surface area contributed by atoms with Gasteiger partial charge in [-0.3, -0.25) is 0 Å². The first-order valence-electron chi connectivity index (χ1n) is 5.64. The van der Waals surface area contributed by atoms with Gasteiger partial charge in [-0.25, -0.2) is 0 Å². The van der Waals surface area contributed by atoms with Gasteiger partial charge in [-0.1, -0.05) is 26.8 Å². The van der Waals surface area contributed by atoms with Gasteiger partial charge in [-0.05, 0) is 24.5 Å². The van der Waals surface area contributed by atoms with Crippen molar-refractivity contribution < 1.29 is 0 Å². The van der Waals surface area contributed by atoms with Crippen molar-refractivity contribution in [1.82, 2.24) is 9.88 Å². The summed E-state index contributed by atoms with van der Waals surface area (Å²) in [6, 6.07) is 4.35. The molecule has 1 atom stereocenters. The van der Waals surface area contributed by atoms with Gasteiger partial charge in [0, 0.05) is 19.8 Å². The van der Waals surface area contributed by atoms with E-state index >= 15 is 0 Å². The zero-order valence-corrected chi connectivity index (χ0v) is 10.3. The largest absolute Gasteiger partial charge is 0.387 e. The molecule has 0 fully saturated rings. The van der Waals surface area contributed by atoms with E-state index in [1.807, 2.05) is 7.05 Å². The summed E-state index contributed by atoms with van der Waals surface area (Å²) in [5.41, 5.74) is 3.55. The predicted molar refractivity (Wildman–Crippen MR) is 66.8 cm³/mol. The number of rotatable bonds is 5. The topological polar surface area (TPSA) is 17.0 Å². The monoisotopic (exact) mass is 206 g/mol. The lowest BCUT2D eigenvalue weighted by atomic mass is 10.0. The first kappa shape index (κ1) is 11.9. The highest BCUT2D eigenvalue weighted by molar-refractivity contribution is 5.59. The highest BCUT2D eigenvalue weighted by Gasteiger charge is 2.11. The molecule has 0 radical (unpaired) electrons. The van der Waals surface area contributed by atoms with Crippen molar-refractivity contribution in [1.29, 1.82) is 0 Å². The van der Waals surface area contributed by atoms with Gasteiger partial charge >= 0.3 is 0 Å². The molecule has 0 saturated carbocycles. The van der Waals surface area contributed by atoms with E-state index in [0.29, 0.717) is 5.92 Å². The van der Waals surface area contributed by atoms with Crippen LogP contribution in [0.5, 0.6) is 0 Å². The zero-order chi connectivity index (χ0) is 11.4. The molecule has 0 aliphatic rings. The number of nitrogens with zero attached hydrogens (tertiary/aromatic N) is 1. The maximum atomic E-state index is 3.99. The van der Waals surface area contributed by atoms with Crippen molar-refractivity contribution in [2.24, 2.45) is 7.05 Å². The predicted octanol–water partition coefficient (Wildman–Crippen LogP) is 3.12. The molecule has 84 valence electrons. The van der Waals surface area contributed by atoms with Gasteiger partial charge < -0.3 is 9.88 Å². The second-order valence-electron chi connectivity index (χ2n) is 4.12. The molecule has 1 unspecified atom stereocenters. The summed E-state index contributed by atoms with van der Waals surface area (Å²) < 4.78 is 2.24. The molecule has 0 bridgehead atoms. The molecule has 0 amide bonds. The Morgan fingerprint density at radius 1 is 1.53 bits per heavy atom. The minimum absolute atomic E-state index is 0.624. The molecule has 2 heteroatoms. The Kier molecular flexibility index (Phi) is 4.01. The van der Waals surface area contributed by atoms with Crippen LogP contribution in [0.3, 0.4) is 0 Å². The van der Waals surface area contributed by atoms with Gasteiger partial charge in [0.05, 0.1) is 11.4 Å². The summed E-state index contributed by atoms with van der Waals surface area (Å²) in [5, 5.41) is 3.09. The van der Waals surface area contributed by atoms with Crippen LogP contribution in [0.4, 0.5) is 0 Å². The lowest BCUT2D eigenvalue weighted by Crippen LogP contribution is -2.09. The summed E-state index contributed by atoms with van der Waals surface area (Å²) in [4.78, 5) is 0. The van der Waals surface area contributed by atoms with E-state index in [2.05, 4.69) is 49.5 Å². The first-order chi connectivity index (χ1) is 7.11. The van der Waals surface area contributed by atoms with E-state index in [0.717, 1.165) is 5.70 Å². The molecule has 1 N–H and O–H groups in total. The van der Waals surface area contributed by atoms with Gasteiger partial charge in [-0.15, -0.1) is 0 Å². The van der Waals surface area contributed by atoms with Crippen LogP contribution in [-0.2, 0) is 7.05 Å². The summed E-state index contributed by atoms with van der Waals surface area (Å²) in [5.74, 6) is 0.624. The van der Waals surface area contributed by atoms with Gasteiger partial charge in [0.25, 0.3) is 0 Å². The Bertz CT molecular complexity index is 336. The van der Waals surface area contributed by atoms with Crippen molar-refractivity contribution in [3.05, 3.63) is 30.1 Å². The SMILES string of the molecule is C=C(NC)c1ccc(C(C)CCC)n1C. The van der Waals surface area contributed by atoms with E-state index in [1.54, 1.807) is 0 Å². The van der Waals surface area contributed by atoms with Crippen molar-refractivity contribution in [2.75, 3.05) is 7.05 Å². The summed E-state index contributed by atoms with van der Waals surface area (Å²) in [7, 11) is 4.02. The smallest absolute Gasteiger partial charge is 0.0635 e. The van der Waals surface area contributed by atoms with Crippen molar-refractivity contribution in [3.63, 3.8) is 0 Å². The Labute approximate surface area is 93.0 Å². The standard InChI is InChI=1S/C13H22N2/c1-6-7-10(2)12-8-9-13(15(12)5)11(3)14-4/h8-10,14H,3,6-7H2,1-2,4-5H3. The highest BCUT2D eigenvalue weighted by Crippen LogP contribution is 2.24. The lowest BCUT2D eigenvalue weighted by molar-refractivity contribution is 0.618. The minimum Gasteiger partial charge on any atom is -0.387 e. The van der Waals surface area contributed by atoms with Crippen molar-refractivity contribution in [3.8, 4) is 0 Å². The molecule has 0 saturated heterocycles. The van der Waals surface area contributed by atoms with Crippen LogP contribution in [0.1, 0.15) is 44.0 Å². The molecular formula is C13H22N2. The maximum Gasteiger partial charge on any atom is 0.0635 e. The second-order valence-corrected chi connectivity index (χ2v) is 4.12. The molecular weight excluding hydrogens is 184 g/mol. The molecule has 0 spiro atoms. The quantitative estimate of drug-likeness (QED) is 0.783. The number of hydrogen-bond acceptors (Lipinski definition) is 1. The van der Waals surface area contributed by atoms with Gasteiger partial charge in [0.2, 0.25) is 0 Å². The third-order valence-electron chi connectivity index (χ3n) is 3.00. The van der Waals surface area contributed by atoms with E-state index in [4.69, 9.17) is 0 Å². The van der Waals surface area contributed by atoms with Crippen LogP contribution < -0.4 is 5.32 Å². The van der Waals surface area contributed by atoms with E-state index in [1.165, 1.54) is 24.2 Å². The van der Waals surface area contributed by atoms with Crippen LogP contribution in [0.2, 0.25) is 0 Å². The van der Waals surface area contributed by atoms with Crippen LogP contribution in [-0.4, -0.2) is 11.6 Å². The Morgan fingerprint density at radius 3 is 2.73 bits per heavy atom. The Morgan fingerprint density at radius 2 is 2.20 bits per heavy atom. The molecule has 1 heterocycles. The molecule has 0 aromatic carbocycles. The van der Waals surface area contributed by atoms with E-state index in [-0.39, 0.29) is 0 Å². The van der Waals surface area contributed by atoms with Crippen LogP contribution in [0, 0.1) is 0 Å². The first-order valence-corrected chi connectivity index (χ1v) is 5.64. The van der Waals surface area contributed by atoms with Gasteiger partial charge in [0.15, 0.2) is 0 Å². The molecule has 0 aliphatic carbocycles. The molecule has 15 heavy (non-hydrogen) atoms. The van der Waals surface area contributed by atoms with Gasteiger partial charge in [0.1, 0.15) is 0 Å². The summed E-state index contributed by atoms with van der Waals surface area (Å²) in [6.45, 7) is 8.50. The lowest BCUT2D eigenvalue weighted by Gasteiger charge is -2.14. The Hall–Kier alpha value is -1.18. The zero-order valence-electron chi connectivity index (χ0n) is 10.3. The minimum atomic E-state index is 0.624. The molecule has 1 aromatic heterocycles. The maximum absolute atomic E-state index is 3.99. The summed E-state index contributed by atoms with van der Waals surface area (Å²) in [6.07, 6.45) is 2.47. The Balaban J connectivity index is 2.93. The second kappa shape index (κ2) is 5.06. The van der Waals surface area contributed by atoms with Crippen molar-refractivity contribution >= 4 is 5.70 Å². The third-order valence-corrected chi connectivity index (χ3v) is 3.00. The molecule has 1 aromatic rings.